The van der Waals surface area contributed by atoms with Gasteiger partial charge in [0, 0.05) is 36.8 Å². The Bertz CT molecular complexity index is 451. The Kier molecular flexibility index (Phi) is 4.23. The Morgan fingerprint density at radius 2 is 2.06 bits per heavy atom. The summed E-state index contributed by atoms with van der Waals surface area (Å²) in [5.41, 5.74) is 2.39. The van der Waals surface area contributed by atoms with Crippen molar-refractivity contribution in [3.63, 3.8) is 0 Å². The van der Waals surface area contributed by atoms with E-state index < -0.39 is 0 Å². The van der Waals surface area contributed by atoms with Crippen LogP contribution in [0.25, 0.3) is 0 Å². The van der Waals surface area contributed by atoms with Crippen LogP contribution in [-0.2, 0) is 13.0 Å². The maximum absolute atomic E-state index is 4.61. The predicted molar refractivity (Wildman–Crippen MR) is 71.1 cm³/mol. The Morgan fingerprint density at radius 3 is 2.76 bits per heavy atom. The highest BCUT2D eigenvalue weighted by Gasteiger charge is 2.03. The molecule has 0 saturated heterocycles. The van der Waals surface area contributed by atoms with Gasteiger partial charge in [0.15, 0.2) is 0 Å². The van der Waals surface area contributed by atoms with Gasteiger partial charge in [-0.25, -0.2) is 4.98 Å². The zero-order valence-electron chi connectivity index (χ0n) is 10.2. The summed E-state index contributed by atoms with van der Waals surface area (Å²) < 4.78 is 0. The van der Waals surface area contributed by atoms with Crippen LogP contribution in [-0.4, -0.2) is 16.0 Å². The van der Waals surface area contributed by atoms with Crippen molar-refractivity contribution < 1.29 is 0 Å². The van der Waals surface area contributed by atoms with Crippen molar-refractivity contribution in [1.29, 1.82) is 0 Å². The predicted octanol–water partition coefficient (Wildman–Crippen LogP) is 2.63. The molecular weight excluding hydrogens is 230 g/mol. The summed E-state index contributed by atoms with van der Waals surface area (Å²) in [6, 6.07) is 4.57. The third-order valence-corrected chi connectivity index (χ3v) is 3.29. The summed E-state index contributed by atoms with van der Waals surface area (Å²) in [4.78, 5) is 8.63. The lowest BCUT2D eigenvalue weighted by atomic mass is 10.2. The zero-order valence-corrected chi connectivity index (χ0v) is 11.0. The number of rotatable bonds is 5. The quantitative estimate of drug-likeness (QED) is 0.882. The molecule has 2 rings (SSSR count). The number of hydrogen-bond acceptors (Lipinski definition) is 4. The second kappa shape index (κ2) is 5.89. The topological polar surface area (TPSA) is 37.8 Å². The van der Waals surface area contributed by atoms with Gasteiger partial charge in [-0.3, -0.25) is 4.98 Å². The van der Waals surface area contributed by atoms with Crippen LogP contribution in [0.5, 0.6) is 0 Å². The molecule has 0 spiro atoms. The van der Waals surface area contributed by atoms with E-state index in [-0.39, 0.29) is 0 Å². The van der Waals surface area contributed by atoms with Crippen molar-refractivity contribution in [1.82, 2.24) is 15.3 Å². The number of pyridine rings is 1. The summed E-state index contributed by atoms with van der Waals surface area (Å²) in [5.74, 6) is 0. The summed E-state index contributed by atoms with van der Waals surface area (Å²) in [7, 11) is 0. The van der Waals surface area contributed by atoms with Crippen LogP contribution in [0.1, 0.15) is 30.1 Å². The largest absolute Gasteiger partial charge is 0.309 e. The molecule has 2 heterocycles. The molecule has 0 bridgehead atoms. The highest BCUT2D eigenvalue weighted by atomic mass is 32.1. The van der Waals surface area contributed by atoms with E-state index in [2.05, 4.69) is 34.5 Å². The van der Waals surface area contributed by atoms with Crippen molar-refractivity contribution in [2.45, 2.75) is 32.9 Å². The smallest absolute Gasteiger partial charge is 0.0972 e. The molecule has 0 aromatic carbocycles. The highest BCUT2D eigenvalue weighted by Crippen LogP contribution is 2.14. The molecule has 0 aliphatic rings. The molecule has 4 heteroatoms. The molecule has 1 N–H and O–H groups in total. The van der Waals surface area contributed by atoms with Crippen LogP contribution in [0.2, 0.25) is 0 Å². The minimum Gasteiger partial charge on any atom is -0.309 e. The lowest BCUT2D eigenvalue weighted by Gasteiger charge is -2.04. The molecule has 17 heavy (non-hydrogen) atoms. The molecule has 0 amide bonds. The molecule has 3 nitrogen and oxygen atoms in total. The van der Waals surface area contributed by atoms with Crippen LogP contribution in [0, 0.1) is 0 Å². The van der Waals surface area contributed by atoms with Crippen LogP contribution in [0.4, 0.5) is 0 Å². The second-order valence-corrected chi connectivity index (χ2v) is 5.24. The van der Waals surface area contributed by atoms with E-state index in [0.717, 1.165) is 23.7 Å². The molecule has 0 aliphatic carbocycles. The third kappa shape index (κ3) is 3.91. The Balaban J connectivity index is 1.94. The number of thiazole rings is 1. The Hall–Kier alpha value is -1.26. The first-order valence-corrected chi connectivity index (χ1v) is 6.67. The molecule has 2 aromatic heterocycles. The molecular formula is C13H17N3S. The van der Waals surface area contributed by atoms with Crippen molar-refractivity contribution in [2.24, 2.45) is 0 Å². The first-order chi connectivity index (χ1) is 8.24. The molecule has 2 aromatic rings. The van der Waals surface area contributed by atoms with E-state index >= 15 is 0 Å². The van der Waals surface area contributed by atoms with Crippen molar-refractivity contribution in [3.8, 4) is 0 Å². The van der Waals surface area contributed by atoms with Crippen LogP contribution < -0.4 is 5.32 Å². The van der Waals surface area contributed by atoms with E-state index in [1.807, 2.05) is 24.5 Å². The third-order valence-electron chi connectivity index (χ3n) is 2.40. The van der Waals surface area contributed by atoms with Crippen molar-refractivity contribution in [3.05, 3.63) is 46.2 Å². The lowest BCUT2D eigenvalue weighted by molar-refractivity contribution is 0.582. The molecule has 0 aliphatic heterocycles. The second-order valence-electron chi connectivity index (χ2n) is 4.30. The molecule has 0 radical (unpaired) electrons. The van der Waals surface area contributed by atoms with Crippen molar-refractivity contribution >= 4 is 11.3 Å². The van der Waals surface area contributed by atoms with Gasteiger partial charge in [-0.15, -0.1) is 11.3 Å². The summed E-state index contributed by atoms with van der Waals surface area (Å²) >= 11 is 1.72. The maximum Gasteiger partial charge on any atom is 0.0972 e. The van der Waals surface area contributed by atoms with E-state index in [1.54, 1.807) is 11.3 Å². The van der Waals surface area contributed by atoms with Gasteiger partial charge in [-0.2, -0.15) is 0 Å². The van der Waals surface area contributed by atoms with Gasteiger partial charge in [-0.1, -0.05) is 13.8 Å². The zero-order chi connectivity index (χ0) is 12.1. The van der Waals surface area contributed by atoms with Crippen LogP contribution in [0.15, 0.2) is 29.9 Å². The van der Waals surface area contributed by atoms with Gasteiger partial charge in [-0.05, 0) is 17.7 Å². The van der Waals surface area contributed by atoms with Crippen molar-refractivity contribution in [2.75, 3.05) is 0 Å². The molecule has 0 saturated carbocycles. The molecule has 0 fully saturated rings. The minimum absolute atomic E-state index is 0.500. The van der Waals surface area contributed by atoms with E-state index in [9.17, 15) is 0 Å². The number of hydrogen-bond donors (Lipinski definition) is 1. The number of aromatic nitrogens is 2. The van der Waals surface area contributed by atoms with Gasteiger partial charge in [0.1, 0.15) is 0 Å². The number of nitrogens with zero attached hydrogens (tertiary/aromatic N) is 2. The fourth-order valence-corrected chi connectivity index (χ4v) is 2.32. The highest BCUT2D eigenvalue weighted by molar-refractivity contribution is 7.09. The van der Waals surface area contributed by atoms with Gasteiger partial charge >= 0.3 is 0 Å². The van der Waals surface area contributed by atoms with Gasteiger partial charge in [0.25, 0.3) is 0 Å². The van der Waals surface area contributed by atoms with Gasteiger partial charge in [0.2, 0.25) is 0 Å². The van der Waals surface area contributed by atoms with E-state index in [4.69, 9.17) is 0 Å². The number of nitrogens with one attached hydrogen (secondary N) is 1. The van der Waals surface area contributed by atoms with Crippen LogP contribution >= 0.6 is 11.3 Å². The van der Waals surface area contributed by atoms with Gasteiger partial charge in [0.05, 0.1) is 10.7 Å². The summed E-state index contributed by atoms with van der Waals surface area (Å²) in [5, 5.41) is 6.67. The fourth-order valence-electron chi connectivity index (χ4n) is 1.50. The van der Waals surface area contributed by atoms with Gasteiger partial charge < -0.3 is 5.32 Å². The molecule has 0 unspecified atom stereocenters. The van der Waals surface area contributed by atoms with Crippen LogP contribution in [0.3, 0.4) is 0 Å². The van der Waals surface area contributed by atoms with E-state index in [1.165, 1.54) is 5.56 Å². The maximum atomic E-state index is 4.61. The van der Waals surface area contributed by atoms with E-state index in [0.29, 0.717) is 6.04 Å². The lowest BCUT2D eigenvalue weighted by Crippen LogP contribution is -2.21. The normalized spacial score (nSPS) is 11.0. The molecule has 0 atom stereocenters. The average Bonchev–Trinajstić information content (AvgIpc) is 2.75. The Morgan fingerprint density at radius 1 is 1.29 bits per heavy atom. The first kappa shape index (κ1) is 12.2. The summed E-state index contributed by atoms with van der Waals surface area (Å²) in [6.07, 6.45) is 4.54. The minimum atomic E-state index is 0.500. The standard InChI is InChI=1S/C13H17N3S/c1-10(2)15-8-12-9-17-13(16-12)7-11-3-5-14-6-4-11/h3-6,9-10,15H,7-8H2,1-2H3. The fraction of sp³-hybridized carbons (Fsp3) is 0.385. The average molecular weight is 247 g/mol. The first-order valence-electron chi connectivity index (χ1n) is 5.79. The SMILES string of the molecule is CC(C)NCc1csc(Cc2ccncc2)n1. The molecule has 90 valence electrons. The summed E-state index contributed by atoms with van der Waals surface area (Å²) in [6.45, 7) is 5.14. The monoisotopic (exact) mass is 247 g/mol. The Labute approximate surface area is 106 Å².